The van der Waals surface area contributed by atoms with Crippen LogP contribution in [0.1, 0.15) is 12.8 Å². The number of hydrogen-bond acceptors (Lipinski definition) is 7. The molecule has 0 aromatic carbocycles. The van der Waals surface area contributed by atoms with E-state index in [-0.39, 0.29) is 6.61 Å². The largest absolute Gasteiger partial charge is 0.395 e. The number of thioether (sulfide) groups is 1. The second-order valence-electron chi connectivity index (χ2n) is 5.53. The number of likely N-dealkylation sites (tertiary alicyclic amines) is 1. The maximum absolute atomic E-state index is 8.98. The number of nitrogen functional groups attached to an aromatic ring is 1. The molecule has 0 saturated carbocycles. The Kier molecular flexibility index (Phi) is 6.08. The molecule has 1 aliphatic heterocycles. The van der Waals surface area contributed by atoms with E-state index >= 15 is 0 Å². The SMILES string of the molecule is CSc1nc(N)cc(N(C)CC2CCN(CCO)CC2)n1. The molecule has 118 valence electrons. The summed E-state index contributed by atoms with van der Waals surface area (Å²) in [7, 11) is 2.06. The lowest BCUT2D eigenvalue weighted by Gasteiger charge is -2.33. The Hall–Kier alpha value is -1.05. The van der Waals surface area contributed by atoms with E-state index in [4.69, 9.17) is 10.8 Å². The van der Waals surface area contributed by atoms with Gasteiger partial charge in [0, 0.05) is 26.2 Å². The van der Waals surface area contributed by atoms with Crippen molar-refractivity contribution in [2.24, 2.45) is 5.92 Å². The van der Waals surface area contributed by atoms with Gasteiger partial charge in [0.05, 0.1) is 6.61 Å². The molecular formula is C14H25N5OS. The molecule has 1 saturated heterocycles. The summed E-state index contributed by atoms with van der Waals surface area (Å²) in [5.41, 5.74) is 5.84. The van der Waals surface area contributed by atoms with Gasteiger partial charge in [-0.1, -0.05) is 11.8 Å². The summed E-state index contributed by atoms with van der Waals surface area (Å²) in [4.78, 5) is 13.2. The summed E-state index contributed by atoms with van der Waals surface area (Å²) < 4.78 is 0. The van der Waals surface area contributed by atoms with Crippen molar-refractivity contribution < 1.29 is 5.11 Å². The van der Waals surface area contributed by atoms with Crippen molar-refractivity contribution in [1.82, 2.24) is 14.9 Å². The molecule has 1 aromatic rings. The minimum atomic E-state index is 0.252. The van der Waals surface area contributed by atoms with Gasteiger partial charge >= 0.3 is 0 Å². The van der Waals surface area contributed by atoms with Gasteiger partial charge in [0.25, 0.3) is 0 Å². The average Bonchev–Trinajstić information content (AvgIpc) is 2.48. The highest BCUT2D eigenvalue weighted by Gasteiger charge is 2.20. The molecule has 2 rings (SSSR count). The first-order valence-electron chi connectivity index (χ1n) is 7.35. The van der Waals surface area contributed by atoms with E-state index in [1.807, 2.05) is 12.3 Å². The lowest BCUT2D eigenvalue weighted by atomic mass is 9.96. The van der Waals surface area contributed by atoms with E-state index in [0.29, 0.717) is 11.7 Å². The second kappa shape index (κ2) is 7.82. The van der Waals surface area contributed by atoms with Crippen molar-refractivity contribution in [1.29, 1.82) is 0 Å². The number of β-amino-alcohol motifs (C(OH)–C–C–N with tert-alkyl or cyclic N) is 1. The van der Waals surface area contributed by atoms with Crippen LogP contribution in [0.25, 0.3) is 0 Å². The molecule has 0 unspecified atom stereocenters. The number of hydrogen-bond donors (Lipinski definition) is 2. The van der Waals surface area contributed by atoms with E-state index in [0.717, 1.165) is 37.2 Å². The van der Waals surface area contributed by atoms with Crippen LogP contribution in [0.15, 0.2) is 11.2 Å². The van der Waals surface area contributed by atoms with Crippen LogP contribution in [0.2, 0.25) is 0 Å². The van der Waals surface area contributed by atoms with Crippen LogP contribution in [0.3, 0.4) is 0 Å². The van der Waals surface area contributed by atoms with Crippen molar-refractivity contribution in [2.75, 3.05) is 56.7 Å². The highest BCUT2D eigenvalue weighted by molar-refractivity contribution is 7.98. The van der Waals surface area contributed by atoms with Crippen LogP contribution >= 0.6 is 11.8 Å². The fourth-order valence-corrected chi connectivity index (χ4v) is 3.11. The Morgan fingerprint density at radius 1 is 1.43 bits per heavy atom. The maximum Gasteiger partial charge on any atom is 0.191 e. The molecule has 0 atom stereocenters. The number of nitrogens with zero attached hydrogens (tertiary/aromatic N) is 4. The quantitative estimate of drug-likeness (QED) is 0.597. The standard InChI is InChI=1S/C14H25N5OS/c1-18(13-9-12(15)16-14(17-13)21-2)10-11-3-5-19(6-4-11)7-8-20/h9,11,20H,3-8,10H2,1-2H3,(H2,15,16,17). The van der Waals surface area contributed by atoms with E-state index in [1.165, 1.54) is 24.6 Å². The second-order valence-corrected chi connectivity index (χ2v) is 6.30. The fraction of sp³-hybridized carbons (Fsp3) is 0.714. The zero-order valence-corrected chi connectivity index (χ0v) is 13.6. The van der Waals surface area contributed by atoms with Gasteiger partial charge in [0.15, 0.2) is 5.16 Å². The van der Waals surface area contributed by atoms with Crippen LogP contribution in [-0.4, -0.2) is 66.1 Å². The van der Waals surface area contributed by atoms with Crippen molar-refractivity contribution >= 4 is 23.4 Å². The normalized spacial score (nSPS) is 17.1. The zero-order valence-electron chi connectivity index (χ0n) is 12.8. The highest BCUT2D eigenvalue weighted by atomic mass is 32.2. The first kappa shape index (κ1) is 16.3. The van der Waals surface area contributed by atoms with E-state index in [2.05, 4.69) is 26.8 Å². The number of aliphatic hydroxyl groups is 1. The summed E-state index contributed by atoms with van der Waals surface area (Å²) in [5, 5.41) is 9.69. The van der Waals surface area contributed by atoms with Gasteiger partial charge in [0.1, 0.15) is 11.6 Å². The van der Waals surface area contributed by atoms with Crippen LogP contribution in [0.4, 0.5) is 11.6 Å². The molecule has 1 fully saturated rings. The van der Waals surface area contributed by atoms with Crippen LogP contribution in [0, 0.1) is 5.92 Å². The predicted octanol–water partition coefficient (Wildman–Crippen LogP) is 0.921. The van der Waals surface area contributed by atoms with Crippen LogP contribution in [-0.2, 0) is 0 Å². The van der Waals surface area contributed by atoms with Crippen LogP contribution in [0.5, 0.6) is 0 Å². The molecule has 2 heterocycles. The van der Waals surface area contributed by atoms with Crippen molar-refractivity contribution in [3.05, 3.63) is 6.07 Å². The summed E-state index contributed by atoms with van der Waals surface area (Å²) in [5.74, 6) is 2.08. The zero-order chi connectivity index (χ0) is 15.2. The first-order chi connectivity index (χ1) is 10.1. The van der Waals surface area contributed by atoms with Crippen LogP contribution < -0.4 is 10.6 Å². The monoisotopic (exact) mass is 311 g/mol. The van der Waals surface area contributed by atoms with Gasteiger partial charge in [-0.15, -0.1) is 0 Å². The number of anilines is 2. The summed E-state index contributed by atoms with van der Waals surface area (Å²) in [6, 6.07) is 1.83. The third-order valence-corrected chi connectivity index (χ3v) is 4.49. The minimum absolute atomic E-state index is 0.252. The third-order valence-electron chi connectivity index (χ3n) is 3.94. The average molecular weight is 311 g/mol. The Morgan fingerprint density at radius 3 is 2.76 bits per heavy atom. The number of rotatable bonds is 6. The predicted molar refractivity (Wildman–Crippen MR) is 87.7 cm³/mol. The molecule has 21 heavy (non-hydrogen) atoms. The molecule has 3 N–H and O–H groups in total. The maximum atomic E-state index is 8.98. The molecule has 6 nitrogen and oxygen atoms in total. The molecule has 1 aromatic heterocycles. The number of aromatic nitrogens is 2. The molecule has 0 aliphatic carbocycles. The van der Waals surface area contributed by atoms with Crippen molar-refractivity contribution in [2.45, 2.75) is 18.0 Å². The molecule has 0 bridgehead atoms. The van der Waals surface area contributed by atoms with Gasteiger partial charge in [0.2, 0.25) is 0 Å². The Morgan fingerprint density at radius 2 is 2.14 bits per heavy atom. The number of piperidine rings is 1. The summed E-state index contributed by atoms with van der Waals surface area (Å²) in [6.07, 6.45) is 4.29. The fourth-order valence-electron chi connectivity index (χ4n) is 2.73. The molecule has 7 heteroatoms. The Labute approximate surface area is 130 Å². The third kappa shape index (κ3) is 4.72. The highest BCUT2D eigenvalue weighted by Crippen LogP contribution is 2.22. The first-order valence-corrected chi connectivity index (χ1v) is 8.57. The number of nitrogens with two attached hydrogens (primary N) is 1. The number of aliphatic hydroxyl groups excluding tert-OH is 1. The van der Waals surface area contributed by atoms with Gasteiger partial charge in [-0.2, -0.15) is 0 Å². The summed E-state index contributed by atoms with van der Waals surface area (Å²) >= 11 is 1.51. The van der Waals surface area contributed by atoms with Gasteiger partial charge in [-0.05, 0) is 38.1 Å². The molecule has 0 spiro atoms. The van der Waals surface area contributed by atoms with Crippen molar-refractivity contribution in [3.8, 4) is 0 Å². The molecule has 1 aliphatic rings. The van der Waals surface area contributed by atoms with Crippen molar-refractivity contribution in [3.63, 3.8) is 0 Å². The molecule has 0 radical (unpaired) electrons. The van der Waals surface area contributed by atoms with E-state index in [9.17, 15) is 0 Å². The van der Waals surface area contributed by atoms with Gasteiger partial charge < -0.3 is 20.6 Å². The van der Waals surface area contributed by atoms with Gasteiger partial charge in [-0.25, -0.2) is 9.97 Å². The Balaban J connectivity index is 1.90. The topological polar surface area (TPSA) is 78.5 Å². The summed E-state index contributed by atoms with van der Waals surface area (Å²) in [6.45, 7) is 4.17. The minimum Gasteiger partial charge on any atom is -0.395 e. The smallest absolute Gasteiger partial charge is 0.191 e. The van der Waals surface area contributed by atoms with Gasteiger partial charge in [-0.3, -0.25) is 0 Å². The lowest BCUT2D eigenvalue weighted by Crippen LogP contribution is -2.39. The Bertz CT molecular complexity index is 451. The molecule has 0 amide bonds. The van der Waals surface area contributed by atoms with E-state index in [1.54, 1.807) is 0 Å². The lowest BCUT2D eigenvalue weighted by molar-refractivity contribution is 0.149. The van der Waals surface area contributed by atoms with E-state index < -0.39 is 0 Å². The molecular weight excluding hydrogens is 286 g/mol.